The number of benzene rings is 1. The fraction of sp³-hybridized carbons (Fsp3) is 0.375. The number of ketones is 1. The number of allylic oxidation sites excluding steroid dienone is 4. The van der Waals surface area contributed by atoms with E-state index in [1.807, 2.05) is 23.1 Å². The Balaban J connectivity index is 1.08. The molecular weight excluding hydrogens is 504 g/mol. The Morgan fingerprint density at radius 1 is 1.05 bits per heavy atom. The molecule has 1 fully saturated rings. The molecule has 6 rings (SSSR count). The van der Waals surface area contributed by atoms with Crippen molar-refractivity contribution in [2.75, 3.05) is 37.6 Å². The highest BCUT2D eigenvalue weighted by Crippen LogP contribution is 2.33. The molecule has 0 bridgehead atoms. The van der Waals surface area contributed by atoms with Crippen molar-refractivity contribution >= 4 is 17.4 Å². The van der Waals surface area contributed by atoms with Gasteiger partial charge in [0.2, 0.25) is 5.88 Å². The lowest BCUT2D eigenvalue weighted by Gasteiger charge is -2.42. The van der Waals surface area contributed by atoms with Crippen LogP contribution in [0.25, 0.3) is 0 Å². The number of carbonyl (C=O) groups is 2. The van der Waals surface area contributed by atoms with Crippen LogP contribution in [0.3, 0.4) is 0 Å². The number of aromatic nitrogens is 1. The van der Waals surface area contributed by atoms with Gasteiger partial charge in [0.05, 0.1) is 6.04 Å². The molecule has 2 aromatic rings. The topological polar surface area (TPSA) is 78.1 Å². The molecule has 40 heavy (non-hydrogen) atoms. The maximum absolute atomic E-state index is 13.8. The lowest BCUT2D eigenvalue weighted by atomic mass is 9.94. The second-order valence-electron chi connectivity index (χ2n) is 10.9. The molecule has 0 radical (unpaired) electrons. The van der Waals surface area contributed by atoms with Gasteiger partial charge in [0.15, 0.2) is 12.0 Å². The zero-order chi connectivity index (χ0) is 27.5. The Morgan fingerprint density at radius 2 is 1.90 bits per heavy atom. The van der Waals surface area contributed by atoms with Gasteiger partial charge >= 0.3 is 0 Å². The predicted octanol–water partition coefficient (Wildman–Crippen LogP) is 5.15. The number of rotatable bonds is 7. The van der Waals surface area contributed by atoms with Gasteiger partial charge < -0.3 is 24.3 Å². The van der Waals surface area contributed by atoms with Gasteiger partial charge in [-0.2, -0.15) is 0 Å². The zero-order valence-corrected chi connectivity index (χ0v) is 23.0. The third kappa shape index (κ3) is 5.63. The molecule has 1 N–H and O–H groups in total. The van der Waals surface area contributed by atoms with Gasteiger partial charge in [-0.1, -0.05) is 42.0 Å². The van der Waals surface area contributed by atoms with Crippen molar-refractivity contribution in [2.45, 2.75) is 45.1 Å². The first-order valence-corrected chi connectivity index (χ1v) is 14.2. The summed E-state index contributed by atoms with van der Waals surface area (Å²) >= 11 is 0. The number of ether oxygens (including phenoxy) is 2. The normalized spacial score (nSPS) is 21.0. The van der Waals surface area contributed by atoms with Crippen LogP contribution >= 0.6 is 0 Å². The molecule has 8 heteroatoms. The van der Waals surface area contributed by atoms with Crippen molar-refractivity contribution in [3.63, 3.8) is 0 Å². The number of Topliss-reactive ketones (excluding diaryl/α,β-unsaturated/α-hetero) is 1. The number of H-pyrrole nitrogens is 1. The van der Waals surface area contributed by atoms with E-state index >= 15 is 0 Å². The molecule has 1 aliphatic carbocycles. The van der Waals surface area contributed by atoms with Crippen molar-refractivity contribution in [3.05, 3.63) is 101 Å². The number of aryl methyl sites for hydroxylation is 1. The summed E-state index contributed by atoms with van der Waals surface area (Å²) in [5.74, 6) is 1.43. The van der Waals surface area contributed by atoms with Crippen LogP contribution in [0.4, 0.5) is 5.69 Å². The largest absolute Gasteiger partial charge is 0.460 e. The molecule has 1 atom stereocenters. The number of nitrogens with zero attached hydrogens (tertiary/aromatic N) is 3. The summed E-state index contributed by atoms with van der Waals surface area (Å²) in [5, 5.41) is 0. The monoisotopic (exact) mass is 540 g/mol. The molecule has 4 aliphatic rings. The maximum Gasteiger partial charge on any atom is 0.275 e. The zero-order valence-electron chi connectivity index (χ0n) is 23.0. The predicted molar refractivity (Wildman–Crippen MR) is 154 cm³/mol. The lowest BCUT2D eigenvalue weighted by molar-refractivity contribution is 0.0777. The van der Waals surface area contributed by atoms with Crippen molar-refractivity contribution in [3.8, 4) is 0 Å². The second-order valence-corrected chi connectivity index (χ2v) is 10.9. The highest BCUT2D eigenvalue weighted by atomic mass is 16.6. The number of hydrogen-bond donors (Lipinski definition) is 1. The molecule has 3 aliphatic heterocycles. The van der Waals surface area contributed by atoms with E-state index < -0.39 is 0 Å². The van der Waals surface area contributed by atoms with E-state index in [1.54, 1.807) is 24.8 Å². The number of nitrogens with one attached hydrogen (secondary N) is 1. The number of amides is 1. The number of anilines is 1. The van der Waals surface area contributed by atoms with Gasteiger partial charge in [-0.15, -0.1) is 0 Å². The molecule has 1 saturated heterocycles. The van der Waals surface area contributed by atoms with E-state index in [9.17, 15) is 9.59 Å². The Kier molecular flexibility index (Phi) is 7.60. The van der Waals surface area contributed by atoms with Gasteiger partial charge in [-0.3, -0.25) is 14.5 Å². The van der Waals surface area contributed by atoms with Crippen molar-refractivity contribution in [2.24, 2.45) is 0 Å². The van der Waals surface area contributed by atoms with Crippen LogP contribution < -0.4 is 4.90 Å². The fourth-order valence-corrected chi connectivity index (χ4v) is 5.92. The number of aromatic amines is 1. The fourth-order valence-electron chi connectivity index (χ4n) is 5.92. The Bertz CT molecular complexity index is 1390. The third-order valence-corrected chi connectivity index (χ3v) is 8.18. The second kappa shape index (κ2) is 11.6. The molecule has 1 aromatic carbocycles. The molecule has 0 spiro atoms. The molecule has 208 valence electrons. The first kappa shape index (κ1) is 26.2. The molecule has 0 saturated carbocycles. The van der Waals surface area contributed by atoms with Gasteiger partial charge in [0.25, 0.3) is 5.91 Å². The highest BCUT2D eigenvalue weighted by molar-refractivity contribution is 6.07. The number of fused-ring (bicyclic) bond motifs is 1. The SMILES string of the molecule is CC(=O)c1c[nH]c(C(=O)N2c3ccccc3CCC2CN2CCN(C3=COC(CC4=CC=CCC4)=CO3)CC2)c1. The van der Waals surface area contributed by atoms with E-state index in [0.717, 1.165) is 82.2 Å². The van der Waals surface area contributed by atoms with Crippen LogP contribution in [0.2, 0.25) is 0 Å². The van der Waals surface area contributed by atoms with Crippen LogP contribution in [-0.4, -0.2) is 65.2 Å². The number of hydrogen-bond acceptors (Lipinski definition) is 6. The highest BCUT2D eigenvalue weighted by Gasteiger charge is 2.34. The molecule has 1 amide bonds. The maximum atomic E-state index is 13.8. The summed E-state index contributed by atoms with van der Waals surface area (Å²) in [6, 6.07) is 9.85. The number of piperazine rings is 1. The Labute approximate surface area is 235 Å². The van der Waals surface area contributed by atoms with E-state index in [1.165, 1.54) is 18.1 Å². The van der Waals surface area contributed by atoms with E-state index in [-0.39, 0.29) is 17.7 Å². The van der Waals surface area contributed by atoms with Crippen LogP contribution in [-0.2, 0) is 15.9 Å². The Morgan fingerprint density at radius 3 is 2.62 bits per heavy atom. The van der Waals surface area contributed by atoms with E-state index in [2.05, 4.69) is 39.1 Å². The molecule has 8 nitrogen and oxygen atoms in total. The van der Waals surface area contributed by atoms with Crippen LogP contribution in [0.1, 0.15) is 59.0 Å². The van der Waals surface area contributed by atoms with E-state index in [4.69, 9.17) is 9.47 Å². The molecule has 1 unspecified atom stereocenters. The standard InChI is InChI=1S/C32H36N4O4/c1-23(37)26-18-29(33-19-26)32(38)36-27(12-11-25-9-5-6-10-30(25)36)20-34-13-15-35(16-14-34)31-22-39-28(21-40-31)17-24-7-3-2-4-8-24/h2-3,5-7,9-10,18-19,21-22,27,33H,4,8,11-17,20H2,1H3. The summed E-state index contributed by atoms with van der Waals surface area (Å²) in [6.45, 7) is 5.69. The minimum absolute atomic E-state index is 0.0425. The van der Waals surface area contributed by atoms with Crippen molar-refractivity contribution in [1.29, 1.82) is 0 Å². The average molecular weight is 541 g/mol. The number of para-hydroxylation sites is 1. The molecule has 4 heterocycles. The van der Waals surface area contributed by atoms with E-state index in [0.29, 0.717) is 11.3 Å². The van der Waals surface area contributed by atoms with Crippen LogP contribution in [0.5, 0.6) is 0 Å². The van der Waals surface area contributed by atoms with Gasteiger partial charge in [0.1, 0.15) is 17.7 Å². The summed E-state index contributed by atoms with van der Waals surface area (Å²) in [4.78, 5) is 35.2. The lowest BCUT2D eigenvalue weighted by Crippen LogP contribution is -2.54. The van der Waals surface area contributed by atoms with Crippen LogP contribution in [0.15, 0.2) is 84.5 Å². The minimum Gasteiger partial charge on any atom is -0.460 e. The van der Waals surface area contributed by atoms with Gasteiger partial charge in [-0.25, -0.2) is 0 Å². The molecule has 1 aromatic heterocycles. The average Bonchev–Trinajstić information content (AvgIpc) is 3.49. The number of carbonyl (C=O) groups excluding carboxylic acids is 2. The summed E-state index contributed by atoms with van der Waals surface area (Å²) in [7, 11) is 0. The first-order valence-electron chi connectivity index (χ1n) is 14.2. The van der Waals surface area contributed by atoms with Crippen molar-refractivity contribution < 1.29 is 19.1 Å². The van der Waals surface area contributed by atoms with Gasteiger partial charge in [-0.05, 0) is 50.3 Å². The van der Waals surface area contributed by atoms with Crippen molar-refractivity contribution in [1.82, 2.24) is 14.8 Å². The quantitative estimate of drug-likeness (QED) is 0.490. The minimum atomic E-state index is -0.0937. The first-order chi connectivity index (χ1) is 19.5. The van der Waals surface area contributed by atoms with Gasteiger partial charge in [0, 0.05) is 56.6 Å². The Hall–Kier alpha value is -4.04. The summed E-state index contributed by atoms with van der Waals surface area (Å²) in [5.41, 5.74) is 4.47. The third-order valence-electron chi connectivity index (χ3n) is 8.18. The smallest absolute Gasteiger partial charge is 0.275 e. The molecular formula is C32H36N4O4. The summed E-state index contributed by atoms with van der Waals surface area (Å²) in [6.07, 6.45) is 16.3. The summed E-state index contributed by atoms with van der Waals surface area (Å²) < 4.78 is 11.9. The van der Waals surface area contributed by atoms with Crippen LogP contribution in [0, 0.1) is 0 Å².